The van der Waals surface area contributed by atoms with E-state index < -0.39 is 46.3 Å². The molecule has 0 aliphatic carbocycles. The third-order valence-electron chi connectivity index (χ3n) is 3.19. The van der Waals surface area contributed by atoms with Crippen molar-refractivity contribution in [3.05, 3.63) is 62.7 Å². The number of rotatable bonds is 9. The Balaban J connectivity index is 2.01. The first-order chi connectivity index (χ1) is 13.3. The molecule has 2 N–H and O–H groups in total. The van der Waals surface area contributed by atoms with E-state index in [0.717, 1.165) is 18.2 Å². The first kappa shape index (κ1) is 20.1. The van der Waals surface area contributed by atoms with Gasteiger partial charge >= 0.3 is 11.7 Å². The predicted octanol–water partition coefficient (Wildman–Crippen LogP) is 1.98. The number of hydrogen-bond acceptors (Lipinski definition) is 8. The van der Waals surface area contributed by atoms with Crippen LogP contribution in [0.3, 0.4) is 0 Å². The van der Waals surface area contributed by atoms with Gasteiger partial charge in [-0.25, -0.2) is 4.79 Å². The quantitative estimate of drug-likeness (QED) is 0.479. The molecule has 0 unspecified atom stereocenters. The van der Waals surface area contributed by atoms with Crippen molar-refractivity contribution in [3.63, 3.8) is 0 Å². The van der Waals surface area contributed by atoms with E-state index in [1.165, 1.54) is 24.3 Å². The summed E-state index contributed by atoms with van der Waals surface area (Å²) in [6.45, 7) is -1.15. The highest BCUT2D eigenvalue weighted by Gasteiger charge is 2.21. The molecular formula is C16H13N3O9. The van der Waals surface area contributed by atoms with E-state index in [9.17, 15) is 29.8 Å². The van der Waals surface area contributed by atoms with Crippen LogP contribution in [0.25, 0.3) is 0 Å². The number of carboxylic acids is 1. The number of benzene rings is 2. The lowest BCUT2D eigenvalue weighted by atomic mass is 10.2. The fraction of sp³-hybridized carbons (Fsp3) is 0.125. The van der Waals surface area contributed by atoms with Gasteiger partial charge < -0.3 is 19.9 Å². The minimum absolute atomic E-state index is 0.215. The minimum atomic E-state index is -1.16. The van der Waals surface area contributed by atoms with Crippen LogP contribution in [0.5, 0.6) is 11.5 Å². The summed E-state index contributed by atoms with van der Waals surface area (Å²) in [6.07, 6.45) is 0. The smallest absolute Gasteiger partial charge is 0.341 e. The van der Waals surface area contributed by atoms with Crippen molar-refractivity contribution in [2.45, 2.75) is 0 Å². The second-order valence-electron chi connectivity index (χ2n) is 5.21. The Hall–Kier alpha value is -4.22. The fourth-order valence-corrected chi connectivity index (χ4v) is 2.03. The highest BCUT2D eigenvalue weighted by Crippen LogP contribution is 2.31. The van der Waals surface area contributed by atoms with Crippen LogP contribution in [0.15, 0.2) is 42.5 Å². The van der Waals surface area contributed by atoms with E-state index in [1.54, 1.807) is 0 Å². The van der Waals surface area contributed by atoms with Crippen LogP contribution in [-0.4, -0.2) is 40.0 Å². The molecule has 0 fully saturated rings. The molecular weight excluding hydrogens is 378 g/mol. The third kappa shape index (κ3) is 5.66. The average molecular weight is 391 g/mol. The Morgan fingerprint density at radius 2 is 1.75 bits per heavy atom. The second-order valence-corrected chi connectivity index (χ2v) is 5.21. The van der Waals surface area contributed by atoms with Gasteiger partial charge in [-0.2, -0.15) is 0 Å². The molecule has 0 bridgehead atoms. The summed E-state index contributed by atoms with van der Waals surface area (Å²) in [5, 5.41) is 32.8. The zero-order valence-corrected chi connectivity index (χ0v) is 14.1. The van der Waals surface area contributed by atoms with Crippen molar-refractivity contribution in [2.24, 2.45) is 0 Å². The molecule has 0 radical (unpaired) electrons. The second kappa shape index (κ2) is 8.93. The van der Waals surface area contributed by atoms with Gasteiger partial charge in [0.2, 0.25) is 0 Å². The van der Waals surface area contributed by atoms with Gasteiger partial charge in [0.25, 0.3) is 11.6 Å². The lowest BCUT2D eigenvalue weighted by Crippen LogP contribution is -2.20. The van der Waals surface area contributed by atoms with E-state index in [2.05, 4.69) is 5.32 Å². The molecule has 12 nitrogen and oxygen atoms in total. The maximum absolute atomic E-state index is 12.0. The molecule has 2 aromatic carbocycles. The Labute approximate surface area is 156 Å². The molecule has 146 valence electrons. The first-order valence-corrected chi connectivity index (χ1v) is 7.56. The Morgan fingerprint density at radius 3 is 2.39 bits per heavy atom. The van der Waals surface area contributed by atoms with Crippen molar-refractivity contribution in [2.75, 3.05) is 18.5 Å². The number of nitro benzene ring substituents is 2. The maximum Gasteiger partial charge on any atom is 0.341 e. The summed E-state index contributed by atoms with van der Waals surface area (Å²) in [4.78, 5) is 42.5. The molecule has 12 heteroatoms. The number of carbonyl (C=O) groups excluding carboxylic acids is 1. The monoisotopic (exact) mass is 391 g/mol. The number of carbonyl (C=O) groups is 2. The number of non-ortho nitro benzene ring substituents is 1. The van der Waals surface area contributed by atoms with Gasteiger partial charge in [-0.05, 0) is 18.2 Å². The van der Waals surface area contributed by atoms with E-state index in [1.807, 2.05) is 0 Å². The van der Waals surface area contributed by atoms with E-state index >= 15 is 0 Å². The summed E-state index contributed by atoms with van der Waals surface area (Å²) >= 11 is 0. The summed E-state index contributed by atoms with van der Waals surface area (Å²) in [7, 11) is 0. The molecule has 28 heavy (non-hydrogen) atoms. The zero-order chi connectivity index (χ0) is 20.7. The molecule has 2 rings (SSSR count). The summed E-state index contributed by atoms with van der Waals surface area (Å²) in [6, 6.07) is 8.70. The summed E-state index contributed by atoms with van der Waals surface area (Å²) < 4.78 is 10.1. The number of nitro groups is 2. The molecule has 0 spiro atoms. The predicted molar refractivity (Wildman–Crippen MR) is 93.4 cm³/mol. The number of nitrogens with zero attached hydrogens (tertiary/aromatic N) is 2. The lowest BCUT2D eigenvalue weighted by Gasteiger charge is -2.09. The average Bonchev–Trinajstić information content (AvgIpc) is 2.64. The number of hydrogen-bond donors (Lipinski definition) is 2. The summed E-state index contributed by atoms with van der Waals surface area (Å²) in [5.41, 5.74) is -0.845. The van der Waals surface area contributed by atoms with Crippen molar-refractivity contribution in [1.82, 2.24) is 0 Å². The Bertz CT molecular complexity index is 929. The van der Waals surface area contributed by atoms with Crippen LogP contribution >= 0.6 is 0 Å². The molecule has 0 atom stereocenters. The zero-order valence-electron chi connectivity index (χ0n) is 14.1. The lowest BCUT2D eigenvalue weighted by molar-refractivity contribution is -0.394. The van der Waals surface area contributed by atoms with Crippen LogP contribution < -0.4 is 14.8 Å². The van der Waals surface area contributed by atoms with Crippen molar-refractivity contribution in [1.29, 1.82) is 0 Å². The largest absolute Gasteiger partial charge is 0.482 e. The molecule has 0 saturated heterocycles. The van der Waals surface area contributed by atoms with E-state index in [0.29, 0.717) is 0 Å². The SMILES string of the molecule is O=C(O)COc1cccc(NC(=O)COc2ccc([N+](=O)[O-])cc2[N+](=O)[O-])c1. The van der Waals surface area contributed by atoms with Gasteiger partial charge in [0.1, 0.15) is 5.75 Å². The number of ether oxygens (including phenoxy) is 2. The van der Waals surface area contributed by atoms with E-state index in [4.69, 9.17) is 14.6 Å². The van der Waals surface area contributed by atoms with Gasteiger partial charge in [-0.3, -0.25) is 25.0 Å². The molecule has 1 amide bonds. The van der Waals surface area contributed by atoms with E-state index in [-0.39, 0.29) is 17.2 Å². The van der Waals surface area contributed by atoms with Crippen LogP contribution in [0.2, 0.25) is 0 Å². The molecule has 0 heterocycles. The van der Waals surface area contributed by atoms with Crippen molar-refractivity contribution >= 4 is 28.9 Å². The van der Waals surface area contributed by atoms with Crippen molar-refractivity contribution in [3.8, 4) is 11.5 Å². The standard InChI is InChI=1S/C16H13N3O9/c20-15(17-10-2-1-3-12(6-10)27-9-16(21)22)8-28-14-5-4-11(18(23)24)7-13(14)19(25)26/h1-7H,8-9H2,(H,17,20)(H,21,22). The Morgan fingerprint density at radius 1 is 1.00 bits per heavy atom. The highest BCUT2D eigenvalue weighted by atomic mass is 16.6. The normalized spacial score (nSPS) is 10.0. The van der Waals surface area contributed by atoms with Crippen molar-refractivity contribution < 1.29 is 34.0 Å². The summed E-state index contributed by atoms with van der Waals surface area (Å²) in [5.74, 6) is -1.91. The van der Waals surface area contributed by atoms with Crippen LogP contribution in [-0.2, 0) is 9.59 Å². The first-order valence-electron chi connectivity index (χ1n) is 7.56. The number of anilines is 1. The highest BCUT2D eigenvalue weighted by molar-refractivity contribution is 5.92. The molecule has 0 aromatic heterocycles. The van der Waals surface area contributed by atoms with Gasteiger partial charge in [-0.1, -0.05) is 6.07 Å². The maximum atomic E-state index is 12.0. The van der Waals surface area contributed by atoms with Crippen LogP contribution in [0.1, 0.15) is 0 Å². The molecule has 0 aliphatic heterocycles. The minimum Gasteiger partial charge on any atom is -0.482 e. The number of carboxylic acid groups (broad SMARTS) is 1. The topological polar surface area (TPSA) is 171 Å². The number of amides is 1. The number of nitrogens with one attached hydrogen (secondary N) is 1. The van der Waals surface area contributed by atoms with Gasteiger partial charge in [-0.15, -0.1) is 0 Å². The molecule has 0 saturated carbocycles. The van der Waals surface area contributed by atoms with Crippen LogP contribution in [0.4, 0.5) is 17.1 Å². The molecule has 2 aromatic rings. The third-order valence-corrected chi connectivity index (χ3v) is 3.19. The fourth-order valence-electron chi connectivity index (χ4n) is 2.03. The van der Waals surface area contributed by atoms with Gasteiger partial charge in [0.05, 0.1) is 15.9 Å². The number of aliphatic carboxylic acids is 1. The Kier molecular flexibility index (Phi) is 6.41. The van der Waals surface area contributed by atoms with Crippen LogP contribution in [0, 0.1) is 20.2 Å². The molecule has 0 aliphatic rings. The van der Waals surface area contributed by atoms with Gasteiger partial charge in [0.15, 0.2) is 19.0 Å². The van der Waals surface area contributed by atoms with Gasteiger partial charge in [0, 0.05) is 17.8 Å².